The van der Waals surface area contributed by atoms with Crippen molar-refractivity contribution in [3.05, 3.63) is 24.2 Å². The van der Waals surface area contributed by atoms with Crippen LogP contribution in [0.15, 0.2) is 22.8 Å². The lowest BCUT2D eigenvalue weighted by atomic mass is 10.0. The van der Waals surface area contributed by atoms with Gasteiger partial charge in [-0.25, -0.2) is 0 Å². The summed E-state index contributed by atoms with van der Waals surface area (Å²) in [5, 5.41) is 9.53. The molecule has 1 N–H and O–H groups in total. The molecule has 66 valence electrons. The molecule has 1 aromatic heterocycles. The molecule has 1 aliphatic heterocycles. The third kappa shape index (κ3) is 1.67. The summed E-state index contributed by atoms with van der Waals surface area (Å²) in [7, 11) is 0. The molecule has 12 heavy (non-hydrogen) atoms. The Labute approximate surface area is 76.0 Å². The van der Waals surface area contributed by atoms with Crippen LogP contribution < -0.4 is 0 Å². The number of thioether (sulfide) groups is 1. The van der Waals surface area contributed by atoms with Crippen molar-refractivity contribution in [2.45, 2.75) is 12.5 Å². The normalized spacial score (nSPS) is 29.4. The van der Waals surface area contributed by atoms with Crippen molar-refractivity contribution in [3.8, 4) is 0 Å². The Morgan fingerprint density at radius 2 is 2.50 bits per heavy atom. The van der Waals surface area contributed by atoms with E-state index in [1.54, 1.807) is 6.26 Å². The maximum Gasteiger partial charge on any atom is 0.104 e. The molecule has 3 heteroatoms. The second-order valence-corrected chi connectivity index (χ2v) is 4.22. The van der Waals surface area contributed by atoms with Crippen LogP contribution in [0, 0.1) is 5.92 Å². The van der Waals surface area contributed by atoms with Crippen molar-refractivity contribution < 1.29 is 9.52 Å². The smallest absolute Gasteiger partial charge is 0.104 e. The topological polar surface area (TPSA) is 33.4 Å². The Morgan fingerprint density at radius 1 is 1.58 bits per heavy atom. The summed E-state index contributed by atoms with van der Waals surface area (Å²) in [5.74, 6) is 3.32. The average Bonchev–Trinajstić information content (AvgIpc) is 2.65. The number of furan rings is 1. The monoisotopic (exact) mass is 184 g/mol. The van der Waals surface area contributed by atoms with Crippen molar-refractivity contribution in [3.63, 3.8) is 0 Å². The molecule has 0 aromatic carbocycles. The van der Waals surface area contributed by atoms with E-state index in [2.05, 4.69) is 0 Å². The van der Waals surface area contributed by atoms with Gasteiger partial charge < -0.3 is 9.52 Å². The molecule has 0 saturated carbocycles. The molecule has 1 saturated heterocycles. The molecule has 2 atom stereocenters. The van der Waals surface area contributed by atoms with Crippen molar-refractivity contribution in [2.75, 3.05) is 11.5 Å². The van der Waals surface area contributed by atoms with Gasteiger partial charge in [0.15, 0.2) is 0 Å². The summed E-state index contributed by atoms with van der Waals surface area (Å²) in [6.45, 7) is 0. The first-order valence-corrected chi connectivity index (χ1v) is 5.30. The molecule has 2 heterocycles. The van der Waals surface area contributed by atoms with Crippen molar-refractivity contribution in [2.24, 2.45) is 5.92 Å². The fourth-order valence-corrected chi connectivity index (χ4v) is 2.76. The molecule has 1 fully saturated rings. The van der Waals surface area contributed by atoms with Gasteiger partial charge in [-0.3, -0.25) is 0 Å². The van der Waals surface area contributed by atoms with Gasteiger partial charge in [-0.1, -0.05) is 0 Å². The van der Waals surface area contributed by atoms with E-state index in [0.717, 1.165) is 23.7 Å². The van der Waals surface area contributed by atoms with Crippen LogP contribution in [0.25, 0.3) is 0 Å². The van der Waals surface area contributed by atoms with Crippen molar-refractivity contribution in [1.29, 1.82) is 0 Å². The molecule has 0 amide bonds. The highest BCUT2D eigenvalue weighted by Gasteiger charge is 2.26. The summed E-state index contributed by atoms with van der Waals surface area (Å²) >= 11 is 1.82. The second kappa shape index (κ2) is 3.54. The van der Waals surface area contributed by atoms with Crippen LogP contribution in [-0.2, 0) is 6.42 Å². The van der Waals surface area contributed by atoms with E-state index in [0.29, 0.717) is 5.92 Å². The third-order valence-electron chi connectivity index (χ3n) is 2.21. The van der Waals surface area contributed by atoms with E-state index in [9.17, 15) is 5.11 Å². The van der Waals surface area contributed by atoms with Gasteiger partial charge in [0, 0.05) is 18.1 Å². The van der Waals surface area contributed by atoms with Gasteiger partial charge in [0.25, 0.3) is 0 Å². The van der Waals surface area contributed by atoms with Crippen LogP contribution in [0.3, 0.4) is 0 Å². The predicted octanol–water partition coefficient (Wildman–Crippen LogP) is 1.55. The van der Waals surface area contributed by atoms with Gasteiger partial charge >= 0.3 is 0 Å². The quantitative estimate of drug-likeness (QED) is 0.757. The number of hydrogen-bond acceptors (Lipinski definition) is 3. The summed E-state index contributed by atoms with van der Waals surface area (Å²) in [6.07, 6.45) is 2.42. The fourth-order valence-electron chi connectivity index (χ4n) is 1.47. The highest BCUT2D eigenvalue weighted by molar-refractivity contribution is 7.99. The average molecular weight is 184 g/mol. The Kier molecular flexibility index (Phi) is 2.42. The number of hydrogen-bond donors (Lipinski definition) is 1. The summed E-state index contributed by atoms with van der Waals surface area (Å²) in [4.78, 5) is 0. The largest absolute Gasteiger partial charge is 0.469 e. The molecule has 2 rings (SSSR count). The van der Waals surface area contributed by atoms with Gasteiger partial charge in [0.05, 0.1) is 12.4 Å². The first kappa shape index (κ1) is 8.20. The standard InChI is InChI=1S/C9H12O2S/c10-9-6-12-5-7(9)4-8-2-1-3-11-8/h1-3,7,9-10H,4-6H2. The second-order valence-electron chi connectivity index (χ2n) is 3.15. The van der Waals surface area contributed by atoms with Crippen LogP contribution in [0.5, 0.6) is 0 Å². The fraction of sp³-hybridized carbons (Fsp3) is 0.556. The minimum atomic E-state index is -0.139. The van der Waals surface area contributed by atoms with Gasteiger partial charge in [0.2, 0.25) is 0 Å². The molecule has 0 spiro atoms. The van der Waals surface area contributed by atoms with E-state index in [1.165, 1.54) is 0 Å². The van der Waals surface area contributed by atoms with Crippen LogP contribution >= 0.6 is 11.8 Å². The highest BCUT2D eigenvalue weighted by atomic mass is 32.2. The molecule has 0 aliphatic carbocycles. The minimum absolute atomic E-state index is 0.139. The summed E-state index contributed by atoms with van der Waals surface area (Å²) in [5.41, 5.74) is 0. The minimum Gasteiger partial charge on any atom is -0.469 e. The van der Waals surface area contributed by atoms with Gasteiger partial charge in [0.1, 0.15) is 5.76 Å². The zero-order valence-corrected chi connectivity index (χ0v) is 7.59. The molecule has 2 unspecified atom stereocenters. The van der Waals surface area contributed by atoms with Gasteiger partial charge in [-0.15, -0.1) is 0 Å². The molecule has 2 nitrogen and oxygen atoms in total. The number of rotatable bonds is 2. The molecular weight excluding hydrogens is 172 g/mol. The van der Waals surface area contributed by atoms with Gasteiger partial charge in [-0.05, 0) is 17.9 Å². The first-order chi connectivity index (χ1) is 5.86. The first-order valence-electron chi connectivity index (χ1n) is 4.14. The van der Waals surface area contributed by atoms with Crippen molar-refractivity contribution >= 4 is 11.8 Å². The summed E-state index contributed by atoms with van der Waals surface area (Å²) < 4.78 is 5.22. The van der Waals surface area contributed by atoms with E-state index in [-0.39, 0.29) is 6.10 Å². The molecular formula is C9H12O2S. The maximum atomic E-state index is 9.53. The Balaban J connectivity index is 1.95. The van der Waals surface area contributed by atoms with Crippen molar-refractivity contribution in [1.82, 2.24) is 0 Å². The van der Waals surface area contributed by atoms with E-state index < -0.39 is 0 Å². The molecule has 1 aliphatic rings. The van der Waals surface area contributed by atoms with E-state index in [1.807, 2.05) is 23.9 Å². The predicted molar refractivity (Wildman–Crippen MR) is 49.2 cm³/mol. The van der Waals surface area contributed by atoms with Crippen LogP contribution in [-0.4, -0.2) is 22.7 Å². The summed E-state index contributed by atoms with van der Waals surface area (Å²) in [6, 6.07) is 3.86. The van der Waals surface area contributed by atoms with Gasteiger partial charge in [-0.2, -0.15) is 11.8 Å². The lowest BCUT2D eigenvalue weighted by Gasteiger charge is -2.10. The number of aliphatic hydroxyl groups excluding tert-OH is 1. The lowest BCUT2D eigenvalue weighted by Crippen LogP contribution is -2.19. The zero-order chi connectivity index (χ0) is 8.39. The van der Waals surface area contributed by atoms with Crippen LogP contribution in [0.4, 0.5) is 0 Å². The van der Waals surface area contributed by atoms with Crippen LogP contribution in [0.1, 0.15) is 5.76 Å². The van der Waals surface area contributed by atoms with E-state index >= 15 is 0 Å². The number of aliphatic hydroxyl groups is 1. The van der Waals surface area contributed by atoms with Crippen LogP contribution in [0.2, 0.25) is 0 Å². The Hall–Kier alpha value is -0.410. The lowest BCUT2D eigenvalue weighted by molar-refractivity contribution is 0.146. The Bertz CT molecular complexity index is 233. The zero-order valence-electron chi connectivity index (χ0n) is 6.77. The highest BCUT2D eigenvalue weighted by Crippen LogP contribution is 2.27. The Morgan fingerprint density at radius 3 is 3.08 bits per heavy atom. The molecule has 0 radical (unpaired) electrons. The van der Waals surface area contributed by atoms with E-state index in [4.69, 9.17) is 4.42 Å². The molecule has 1 aromatic rings. The molecule has 0 bridgehead atoms. The SMILES string of the molecule is OC1CSCC1Cc1ccco1. The maximum absolute atomic E-state index is 9.53. The third-order valence-corrected chi connectivity index (χ3v) is 3.45.